The SMILES string of the molecule is CC(=O)c1cc(C)n([C@@H](Cc2ccc(OCCc3oc(-c4ccccc4)nc3C)cc2)C(=O)O)c1C. The zero-order chi connectivity index (χ0) is 25.8. The van der Waals surface area contributed by atoms with E-state index in [1.165, 1.54) is 6.92 Å². The first kappa shape index (κ1) is 25.0. The fraction of sp³-hybridized carbons (Fsp3) is 0.276. The van der Waals surface area contributed by atoms with Crippen molar-refractivity contribution in [2.45, 2.75) is 46.6 Å². The minimum atomic E-state index is -0.940. The van der Waals surface area contributed by atoms with Gasteiger partial charge in [0.2, 0.25) is 5.89 Å². The number of carboxylic acids is 1. The van der Waals surface area contributed by atoms with Crippen LogP contribution in [0.4, 0.5) is 0 Å². The Balaban J connectivity index is 1.39. The second-order valence-electron chi connectivity index (χ2n) is 8.91. The highest BCUT2D eigenvalue weighted by Gasteiger charge is 2.25. The Kier molecular flexibility index (Phi) is 7.38. The second kappa shape index (κ2) is 10.6. The van der Waals surface area contributed by atoms with Crippen LogP contribution in [0.25, 0.3) is 11.5 Å². The number of Topliss-reactive ketones (excluding diaryl/α,β-unsaturated/α-hetero) is 1. The minimum Gasteiger partial charge on any atom is -0.493 e. The third-order valence-electron chi connectivity index (χ3n) is 6.32. The third kappa shape index (κ3) is 5.40. The van der Waals surface area contributed by atoms with Gasteiger partial charge in [0.25, 0.3) is 0 Å². The normalized spacial score (nSPS) is 11.9. The molecule has 4 rings (SSSR count). The number of aryl methyl sites for hydroxylation is 2. The molecule has 0 saturated carbocycles. The number of carbonyl (C=O) groups excluding carboxylic acids is 1. The molecule has 0 radical (unpaired) electrons. The Morgan fingerprint density at radius 2 is 1.75 bits per heavy atom. The van der Waals surface area contributed by atoms with Crippen LogP contribution in [0.15, 0.2) is 65.1 Å². The Morgan fingerprint density at radius 3 is 2.36 bits per heavy atom. The first-order valence-electron chi connectivity index (χ1n) is 11.9. The standard InChI is InChI=1S/C29H30N2O5/c1-18-16-25(21(4)32)20(3)31(18)26(29(33)34)17-22-10-12-24(13-11-22)35-15-14-27-19(2)30-28(36-27)23-8-6-5-7-9-23/h5-13,16,26H,14-15,17H2,1-4H3,(H,33,34)/t26-/m0/s1. The van der Waals surface area contributed by atoms with E-state index in [0.29, 0.717) is 42.3 Å². The largest absolute Gasteiger partial charge is 0.493 e. The molecule has 0 bridgehead atoms. The quantitative estimate of drug-likeness (QED) is 0.286. The highest BCUT2D eigenvalue weighted by molar-refractivity contribution is 5.95. The van der Waals surface area contributed by atoms with E-state index in [1.54, 1.807) is 17.6 Å². The minimum absolute atomic E-state index is 0.0724. The number of benzene rings is 2. The molecule has 0 spiro atoms. The van der Waals surface area contributed by atoms with Crippen molar-refractivity contribution in [1.82, 2.24) is 9.55 Å². The smallest absolute Gasteiger partial charge is 0.327 e. The number of aromatic nitrogens is 2. The summed E-state index contributed by atoms with van der Waals surface area (Å²) in [6.07, 6.45) is 0.877. The summed E-state index contributed by atoms with van der Waals surface area (Å²) in [6.45, 7) is 7.46. The molecule has 4 aromatic rings. The predicted molar refractivity (Wildman–Crippen MR) is 137 cm³/mol. The van der Waals surface area contributed by atoms with Crippen molar-refractivity contribution in [1.29, 1.82) is 0 Å². The van der Waals surface area contributed by atoms with Gasteiger partial charge < -0.3 is 18.8 Å². The Bertz CT molecular complexity index is 1370. The zero-order valence-electron chi connectivity index (χ0n) is 20.9. The maximum atomic E-state index is 12.1. The molecule has 186 valence electrons. The van der Waals surface area contributed by atoms with Gasteiger partial charge in [0, 0.05) is 35.4 Å². The summed E-state index contributed by atoms with van der Waals surface area (Å²) in [4.78, 5) is 28.5. The number of aliphatic carboxylic acids is 1. The van der Waals surface area contributed by atoms with Crippen molar-refractivity contribution < 1.29 is 23.8 Å². The van der Waals surface area contributed by atoms with Gasteiger partial charge >= 0.3 is 5.97 Å². The monoisotopic (exact) mass is 486 g/mol. The third-order valence-corrected chi connectivity index (χ3v) is 6.32. The topological polar surface area (TPSA) is 94.6 Å². The summed E-state index contributed by atoms with van der Waals surface area (Å²) < 4.78 is 13.6. The molecule has 0 aliphatic carbocycles. The molecule has 0 amide bonds. The summed E-state index contributed by atoms with van der Waals surface area (Å²) in [5.41, 5.74) is 4.63. The summed E-state index contributed by atoms with van der Waals surface area (Å²) >= 11 is 0. The lowest BCUT2D eigenvalue weighted by molar-refractivity contribution is -0.141. The van der Waals surface area contributed by atoms with Crippen LogP contribution in [0.1, 0.15) is 51.7 Å². The van der Waals surface area contributed by atoms with Gasteiger partial charge in [0.1, 0.15) is 17.6 Å². The second-order valence-corrected chi connectivity index (χ2v) is 8.91. The number of carbonyl (C=O) groups is 2. The molecule has 1 N–H and O–H groups in total. The van der Waals surface area contributed by atoms with Gasteiger partial charge in [0.05, 0.1) is 12.3 Å². The molecule has 0 saturated heterocycles. The van der Waals surface area contributed by atoms with E-state index in [-0.39, 0.29) is 5.78 Å². The molecular formula is C29H30N2O5. The molecule has 0 aliphatic rings. The van der Waals surface area contributed by atoms with Gasteiger partial charge in [-0.1, -0.05) is 30.3 Å². The molecule has 2 heterocycles. The van der Waals surface area contributed by atoms with Crippen molar-refractivity contribution in [2.75, 3.05) is 6.61 Å². The maximum absolute atomic E-state index is 12.1. The van der Waals surface area contributed by atoms with Crippen LogP contribution in [-0.2, 0) is 17.6 Å². The first-order valence-corrected chi connectivity index (χ1v) is 11.9. The fourth-order valence-electron chi connectivity index (χ4n) is 4.47. The van der Waals surface area contributed by atoms with E-state index < -0.39 is 12.0 Å². The van der Waals surface area contributed by atoms with Crippen LogP contribution >= 0.6 is 0 Å². The number of ether oxygens (including phenoxy) is 1. The van der Waals surface area contributed by atoms with Gasteiger partial charge in [0.15, 0.2) is 5.78 Å². The molecule has 7 heteroatoms. The van der Waals surface area contributed by atoms with E-state index in [2.05, 4.69) is 4.98 Å². The number of hydrogen-bond donors (Lipinski definition) is 1. The number of hydrogen-bond acceptors (Lipinski definition) is 5. The zero-order valence-corrected chi connectivity index (χ0v) is 20.9. The number of nitrogens with zero attached hydrogens (tertiary/aromatic N) is 2. The number of oxazole rings is 1. The van der Waals surface area contributed by atoms with E-state index in [4.69, 9.17) is 9.15 Å². The van der Waals surface area contributed by atoms with Crippen LogP contribution in [-0.4, -0.2) is 33.0 Å². The summed E-state index contributed by atoms with van der Waals surface area (Å²) in [5, 5.41) is 9.92. The van der Waals surface area contributed by atoms with Gasteiger partial charge in [-0.25, -0.2) is 9.78 Å². The van der Waals surface area contributed by atoms with Crippen LogP contribution in [0.5, 0.6) is 5.75 Å². The fourth-order valence-corrected chi connectivity index (χ4v) is 4.47. The van der Waals surface area contributed by atoms with Crippen molar-refractivity contribution in [2.24, 2.45) is 0 Å². The van der Waals surface area contributed by atoms with Crippen molar-refractivity contribution in [3.8, 4) is 17.2 Å². The van der Waals surface area contributed by atoms with Crippen molar-refractivity contribution >= 4 is 11.8 Å². The predicted octanol–water partition coefficient (Wildman–Crippen LogP) is 5.76. The first-order chi connectivity index (χ1) is 17.2. The lowest BCUT2D eigenvalue weighted by Crippen LogP contribution is -2.23. The number of rotatable bonds is 10. The number of ketones is 1. The molecule has 0 fully saturated rings. The lowest BCUT2D eigenvalue weighted by Gasteiger charge is -2.19. The van der Waals surface area contributed by atoms with E-state index in [9.17, 15) is 14.7 Å². The van der Waals surface area contributed by atoms with E-state index in [0.717, 1.165) is 28.3 Å². The van der Waals surface area contributed by atoms with Gasteiger partial charge in [-0.2, -0.15) is 0 Å². The highest BCUT2D eigenvalue weighted by Crippen LogP contribution is 2.26. The summed E-state index contributed by atoms with van der Waals surface area (Å²) in [7, 11) is 0. The van der Waals surface area contributed by atoms with Gasteiger partial charge in [-0.05, 0) is 63.6 Å². The average Bonchev–Trinajstić information content (AvgIpc) is 3.37. The van der Waals surface area contributed by atoms with Gasteiger partial charge in [-0.3, -0.25) is 4.79 Å². The Labute approximate surface area is 210 Å². The highest BCUT2D eigenvalue weighted by atomic mass is 16.5. The lowest BCUT2D eigenvalue weighted by atomic mass is 10.0. The molecule has 2 aromatic carbocycles. The van der Waals surface area contributed by atoms with E-state index in [1.807, 2.05) is 68.4 Å². The van der Waals surface area contributed by atoms with E-state index >= 15 is 0 Å². The van der Waals surface area contributed by atoms with Crippen LogP contribution in [0.2, 0.25) is 0 Å². The average molecular weight is 487 g/mol. The molecule has 0 aliphatic heterocycles. The molecule has 7 nitrogen and oxygen atoms in total. The van der Waals surface area contributed by atoms with Crippen molar-refractivity contribution in [3.63, 3.8) is 0 Å². The van der Waals surface area contributed by atoms with Crippen LogP contribution < -0.4 is 4.74 Å². The van der Waals surface area contributed by atoms with Crippen LogP contribution in [0.3, 0.4) is 0 Å². The Morgan fingerprint density at radius 1 is 1.06 bits per heavy atom. The van der Waals surface area contributed by atoms with Crippen molar-refractivity contribution in [3.05, 3.63) is 94.6 Å². The number of carboxylic acid groups (broad SMARTS) is 1. The molecule has 36 heavy (non-hydrogen) atoms. The molecule has 1 atom stereocenters. The van der Waals surface area contributed by atoms with Crippen LogP contribution in [0, 0.1) is 20.8 Å². The summed E-state index contributed by atoms with van der Waals surface area (Å²) in [6, 6.07) is 18.1. The molecule has 0 unspecified atom stereocenters. The molecular weight excluding hydrogens is 456 g/mol. The van der Waals surface area contributed by atoms with Gasteiger partial charge in [-0.15, -0.1) is 0 Å². The Hall–Kier alpha value is -4.13. The molecule has 2 aromatic heterocycles. The summed E-state index contributed by atoms with van der Waals surface area (Å²) in [5.74, 6) is 1.07. The maximum Gasteiger partial charge on any atom is 0.327 e.